The zero-order valence-electron chi connectivity index (χ0n) is 30.8. The molecule has 0 aromatic rings. The van der Waals surface area contributed by atoms with Gasteiger partial charge in [-0.2, -0.15) is 0 Å². The van der Waals surface area contributed by atoms with Gasteiger partial charge in [-0.1, -0.05) is 192 Å². The Labute approximate surface area is 287 Å². The minimum absolute atomic E-state index is 0.0784. The van der Waals surface area contributed by atoms with E-state index < -0.39 is 12.1 Å². The highest BCUT2D eigenvalue weighted by Gasteiger charge is 2.17. The summed E-state index contributed by atoms with van der Waals surface area (Å²) >= 11 is 0. The summed E-state index contributed by atoms with van der Waals surface area (Å²) in [7, 11) is 0. The molecule has 0 saturated heterocycles. The van der Waals surface area contributed by atoms with E-state index in [9.17, 15) is 15.0 Å². The molecule has 4 heteroatoms. The number of carbonyl (C=O) groups excluding carboxylic acids is 1. The molecule has 1 amide bonds. The third-order valence-electron chi connectivity index (χ3n) is 9.10. The van der Waals surface area contributed by atoms with E-state index in [2.05, 4.69) is 43.5 Å². The van der Waals surface area contributed by atoms with Crippen LogP contribution in [0.3, 0.4) is 0 Å². The van der Waals surface area contributed by atoms with E-state index in [4.69, 9.17) is 0 Å². The number of allylic oxidation sites excluding steroid dienone is 5. The molecule has 0 rings (SSSR count). The summed E-state index contributed by atoms with van der Waals surface area (Å²) in [5.74, 6) is -0.0784. The van der Waals surface area contributed by atoms with Crippen molar-refractivity contribution < 1.29 is 15.0 Å². The van der Waals surface area contributed by atoms with E-state index in [0.29, 0.717) is 6.42 Å². The number of hydrogen-bond donors (Lipinski definition) is 3. The van der Waals surface area contributed by atoms with Gasteiger partial charge in [-0.05, 0) is 44.9 Å². The van der Waals surface area contributed by atoms with Gasteiger partial charge in [0.1, 0.15) is 0 Å². The summed E-state index contributed by atoms with van der Waals surface area (Å²) in [5.41, 5.74) is 0. The first-order valence-corrected chi connectivity index (χ1v) is 20.2. The highest BCUT2D eigenvalue weighted by Crippen LogP contribution is 2.14. The van der Waals surface area contributed by atoms with Crippen molar-refractivity contribution in [3.8, 4) is 0 Å². The second kappa shape index (κ2) is 38.1. The van der Waals surface area contributed by atoms with Crippen LogP contribution in [0.2, 0.25) is 0 Å². The first-order valence-electron chi connectivity index (χ1n) is 20.2. The normalized spacial score (nSPS) is 13.4. The fraction of sp³-hybridized carbons (Fsp3) is 0.833. The first-order chi connectivity index (χ1) is 22.7. The second-order valence-corrected chi connectivity index (χ2v) is 13.7. The molecule has 0 radical (unpaired) electrons. The second-order valence-electron chi connectivity index (χ2n) is 13.7. The van der Waals surface area contributed by atoms with Crippen molar-refractivity contribution in [3.05, 3.63) is 36.5 Å². The molecule has 0 bridgehead atoms. The van der Waals surface area contributed by atoms with Crippen LogP contribution < -0.4 is 5.32 Å². The smallest absolute Gasteiger partial charge is 0.220 e. The van der Waals surface area contributed by atoms with E-state index in [-0.39, 0.29) is 12.5 Å². The van der Waals surface area contributed by atoms with Crippen LogP contribution in [0, 0.1) is 0 Å². The summed E-state index contributed by atoms with van der Waals surface area (Å²) in [6.07, 6.45) is 49.6. The van der Waals surface area contributed by atoms with Crippen molar-refractivity contribution in [1.29, 1.82) is 0 Å². The molecule has 2 unspecified atom stereocenters. The number of rotatable bonds is 36. The maximum absolute atomic E-state index is 12.3. The van der Waals surface area contributed by atoms with Crippen LogP contribution in [-0.2, 0) is 4.79 Å². The summed E-state index contributed by atoms with van der Waals surface area (Å²) in [5, 5.41) is 22.9. The third kappa shape index (κ3) is 34.0. The fourth-order valence-corrected chi connectivity index (χ4v) is 5.97. The number of carbonyl (C=O) groups is 1. The Morgan fingerprint density at radius 2 is 0.848 bits per heavy atom. The molecule has 0 heterocycles. The van der Waals surface area contributed by atoms with Gasteiger partial charge in [-0.25, -0.2) is 0 Å². The van der Waals surface area contributed by atoms with Gasteiger partial charge in [-0.15, -0.1) is 0 Å². The number of aliphatic hydroxyl groups excluding tert-OH is 2. The van der Waals surface area contributed by atoms with Crippen LogP contribution in [0.4, 0.5) is 0 Å². The lowest BCUT2D eigenvalue weighted by molar-refractivity contribution is -0.123. The van der Waals surface area contributed by atoms with Gasteiger partial charge in [0.25, 0.3) is 0 Å². The minimum atomic E-state index is -0.866. The largest absolute Gasteiger partial charge is 0.394 e. The van der Waals surface area contributed by atoms with Crippen LogP contribution in [0.1, 0.15) is 206 Å². The summed E-state index contributed by atoms with van der Waals surface area (Å²) in [6, 6.07) is -0.641. The minimum Gasteiger partial charge on any atom is -0.394 e. The Bertz CT molecular complexity index is 701. The van der Waals surface area contributed by atoms with Crippen molar-refractivity contribution in [1.82, 2.24) is 5.32 Å². The molecular weight excluding hydrogens is 566 g/mol. The van der Waals surface area contributed by atoms with Crippen molar-refractivity contribution in [3.63, 3.8) is 0 Å². The molecule has 0 saturated carbocycles. The fourth-order valence-electron chi connectivity index (χ4n) is 5.97. The van der Waals surface area contributed by atoms with Gasteiger partial charge in [0.05, 0.1) is 18.8 Å². The standard InChI is InChI=1S/C42H79NO3/c1-3-5-7-9-11-13-15-17-18-19-20-21-22-23-24-26-27-29-31-33-35-37-41(45)40(39-44)43-42(46)38-36-34-32-30-28-25-16-14-12-10-8-6-4-2/h22-23,27,29,35,37,40-41,44-45H,3-21,24-26,28,30-34,36,38-39H2,1-2H3,(H,43,46)/b23-22+,29-27+,37-35+. The van der Waals surface area contributed by atoms with Crippen molar-refractivity contribution in [2.24, 2.45) is 0 Å². The average Bonchev–Trinajstić information content (AvgIpc) is 3.06. The summed E-state index contributed by atoms with van der Waals surface area (Å²) in [4.78, 5) is 12.3. The van der Waals surface area contributed by atoms with Gasteiger partial charge in [0, 0.05) is 6.42 Å². The lowest BCUT2D eigenvalue weighted by Crippen LogP contribution is -2.45. The Balaban J connectivity index is 3.66. The predicted molar refractivity (Wildman–Crippen MR) is 202 cm³/mol. The lowest BCUT2D eigenvalue weighted by atomic mass is 10.0. The van der Waals surface area contributed by atoms with Crippen molar-refractivity contribution in [2.45, 2.75) is 219 Å². The Morgan fingerprint density at radius 3 is 1.26 bits per heavy atom. The predicted octanol–water partition coefficient (Wildman–Crippen LogP) is 12.2. The first kappa shape index (κ1) is 44.6. The van der Waals surface area contributed by atoms with Gasteiger partial charge < -0.3 is 15.5 Å². The molecule has 0 spiro atoms. The van der Waals surface area contributed by atoms with Gasteiger partial charge in [0.2, 0.25) is 5.91 Å². The van der Waals surface area contributed by atoms with Crippen LogP contribution in [0.15, 0.2) is 36.5 Å². The Hall–Kier alpha value is -1.39. The van der Waals surface area contributed by atoms with Crippen LogP contribution in [0.5, 0.6) is 0 Å². The van der Waals surface area contributed by atoms with Crippen LogP contribution in [-0.4, -0.2) is 34.9 Å². The Morgan fingerprint density at radius 1 is 0.500 bits per heavy atom. The molecule has 0 aromatic carbocycles. The monoisotopic (exact) mass is 646 g/mol. The average molecular weight is 646 g/mol. The SMILES string of the molecule is CCCCCCCCCCCCC/C=C/CC/C=C/CC/C=C/C(O)C(CO)NC(=O)CCCCCCCCCCCCCCC. The molecular formula is C42H79NO3. The van der Waals surface area contributed by atoms with Gasteiger partial charge in [-0.3, -0.25) is 4.79 Å². The van der Waals surface area contributed by atoms with E-state index >= 15 is 0 Å². The molecule has 4 nitrogen and oxygen atoms in total. The number of unbranched alkanes of at least 4 members (excludes halogenated alkanes) is 25. The maximum atomic E-state index is 12.3. The molecule has 0 aromatic heterocycles. The highest BCUT2D eigenvalue weighted by molar-refractivity contribution is 5.76. The summed E-state index contributed by atoms with van der Waals surface area (Å²) < 4.78 is 0. The van der Waals surface area contributed by atoms with Gasteiger partial charge >= 0.3 is 0 Å². The topological polar surface area (TPSA) is 69.6 Å². The molecule has 0 fully saturated rings. The molecule has 3 N–H and O–H groups in total. The molecule has 0 aliphatic carbocycles. The molecule has 0 aliphatic rings. The maximum Gasteiger partial charge on any atom is 0.220 e. The molecule has 46 heavy (non-hydrogen) atoms. The van der Waals surface area contributed by atoms with E-state index in [1.54, 1.807) is 6.08 Å². The van der Waals surface area contributed by atoms with Crippen LogP contribution >= 0.6 is 0 Å². The number of nitrogens with one attached hydrogen (secondary N) is 1. The third-order valence-corrected chi connectivity index (χ3v) is 9.10. The van der Waals surface area contributed by atoms with E-state index in [1.165, 1.54) is 148 Å². The van der Waals surface area contributed by atoms with E-state index in [0.717, 1.165) is 38.5 Å². The van der Waals surface area contributed by atoms with Crippen molar-refractivity contribution >= 4 is 5.91 Å². The summed E-state index contributed by atoms with van der Waals surface area (Å²) in [6.45, 7) is 4.29. The van der Waals surface area contributed by atoms with E-state index in [1.807, 2.05) is 6.08 Å². The van der Waals surface area contributed by atoms with Crippen molar-refractivity contribution in [2.75, 3.05) is 6.61 Å². The quantitative estimate of drug-likeness (QED) is 0.0469. The zero-order valence-corrected chi connectivity index (χ0v) is 30.8. The van der Waals surface area contributed by atoms with Gasteiger partial charge in [0.15, 0.2) is 0 Å². The number of aliphatic hydroxyl groups is 2. The Kier molecular flexibility index (Phi) is 36.9. The molecule has 2 atom stereocenters. The van der Waals surface area contributed by atoms with Crippen LogP contribution in [0.25, 0.3) is 0 Å². The zero-order chi connectivity index (χ0) is 33.6. The molecule has 0 aliphatic heterocycles. The highest BCUT2D eigenvalue weighted by atomic mass is 16.3. The number of amides is 1. The lowest BCUT2D eigenvalue weighted by Gasteiger charge is -2.19. The molecule has 270 valence electrons. The number of hydrogen-bond acceptors (Lipinski definition) is 3.